The van der Waals surface area contributed by atoms with Gasteiger partial charge in [0.15, 0.2) is 11.5 Å². The minimum atomic E-state index is -1.08. The van der Waals surface area contributed by atoms with Gasteiger partial charge < -0.3 is 9.63 Å². The fourth-order valence-corrected chi connectivity index (χ4v) is 2.72. The smallest absolute Gasteiger partial charge is 0.358 e. The van der Waals surface area contributed by atoms with Gasteiger partial charge in [-0.15, -0.1) is 0 Å². The highest BCUT2D eigenvalue weighted by atomic mass is 32.2. The Morgan fingerprint density at radius 2 is 2.06 bits per heavy atom. The second-order valence-electron chi connectivity index (χ2n) is 4.24. The van der Waals surface area contributed by atoms with Crippen LogP contribution in [0.1, 0.15) is 22.0 Å². The van der Waals surface area contributed by atoms with Crippen molar-refractivity contribution in [3.8, 4) is 11.3 Å². The van der Waals surface area contributed by atoms with Crippen LogP contribution in [0.5, 0.6) is 0 Å². The molecule has 1 aliphatic rings. The third-order valence-corrected chi connectivity index (χ3v) is 4.31. The van der Waals surface area contributed by atoms with Crippen LogP contribution in [0.2, 0.25) is 0 Å². The summed E-state index contributed by atoms with van der Waals surface area (Å²) in [7, 11) is 0. The van der Waals surface area contributed by atoms with Gasteiger partial charge in [0.2, 0.25) is 0 Å². The van der Waals surface area contributed by atoms with E-state index in [1.54, 1.807) is 0 Å². The first-order chi connectivity index (χ1) is 8.74. The topological polar surface area (TPSA) is 63.3 Å². The highest BCUT2D eigenvalue weighted by molar-refractivity contribution is 8.00. The molecule has 0 saturated carbocycles. The molecule has 3 rings (SSSR count). The van der Waals surface area contributed by atoms with Crippen molar-refractivity contribution >= 4 is 17.7 Å². The molecule has 0 bridgehead atoms. The first-order valence-electron chi connectivity index (χ1n) is 5.62. The van der Waals surface area contributed by atoms with Crippen LogP contribution in [-0.4, -0.2) is 27.7 Å². The number of carbonyl (C=O) groups is 1. The molecule has 2 heterocycles. The Bertz CT molecular complexity index is 572. The van der Waals surface area contributed by atoms with Gasteiger partial charge >= 0.3 is 5.97 Å². The molecular weight excluding hydrogens is 250 g/mol. The van der Waals surface area contributed by atoms with Crippen molar-refractivity contribution < 1.29 is 14.4 Å². The van der Waals surface area contributed by atoms with E-state index in [4.69, 9.17) is 9.63 Å². The molecule has 1 N–H and O–H groups in total. The molecule has 4 nitrogen and oxygen atoms in total. The van der Waals surface area contributed by atoms with E-state index in [1.807, 2.05) is 23.9 Å². The number of aromatic carboxylic acids is 1. The Hall–Kier alpha value is -1.75. The predicted octanol–water partition coefficient (Wildman–Crippen LogP) is 2.87. The zero-order valence-corrected chi connectivity index (χ0v) is 10.3. The Balaban J connectivity index is 1.84. The average Bonchev–Trinajstić information content (AvgIpc) is 2.77. The molecule has 0 aliphatic carbocycles. The Labute approximate surface area is 108 Å². The van der Waals surface area contributed by atoms with Gasteiger partial charge in [-0.05, 0) is 5.56 Å². The number of benzene rings is 1. The molecule has 1 fully saturated rings. The maximum Gasteiger partial charge on any atom is 0.358 e. The van der Waals surface area contributed by atoms with E-state index < -0.39 is 5.97 Å². The number of aromatic nitrogens is 1. The van der Waals surface area contributed by atoms with E-state index in [0.717, 1.165) is 5.56 Å². The predicted molar refractivity (Wildman–Crippen MR) is 69.0 cm³/mol. The molecule has 1 aliphatic heterocycles. The summed E-state index contributed by atoms with van der Waals surface area (Å²) in [5, 5.41) is 12.3. The summed E-state index contributed by atoms with van der Waals surface area (Å²) < 4.78 is 5.02. The van der Waals surface area contributed by atoms with Crippen LogP contribution in [0.3, 0.4) is 0 Å². The molecule has 2 aromatic rings. The van der Waals surface area contributed by atoms with Crippen LogP contribution in [0, 0.1) is 0 Å². The number of hydrogen-bond donors (Lipinski definition) is 1. The maximum atomic E-state index is 10.7. The molecule has 0 radical (unpaired) electrons. The van der Waals surface area contributed by atoms with Crippen molar-refractivity contribution in [2.75, 3.05) is 11.5 Å². The van der Waals surface area contributed by atoms with Crippen molar-refractivity contribution in [1.29, 1.82) is 0 Å². The number of rotatable bonds is 3. The molecule has 1 aromatic carbocycles. The second kappa shape index (κ2) is 4.49. The highest BCUT2D eigenvalue weighted by Crippen LogP contribution is 2.34. The minimum absolute atomic E-state index is 0.0653. The molecule has 1 aromatic heterocycles. The summed E-state index contributed by atoms with van der Waals surface area (Å²) in [6.07, 6.45) is 0. The molecule has 5 heteroatoms. The Kier molecular flexibility index (Phi) is 2.83. The largest absolute Gasteiger partial charge is 0.476 e. The molecule has 1 saturated heterocycles. The van der Waals surface area contributed by atoms with Crippen LogP contribution in [0.4, 0.5) is 0 Å². The molecular formula is C13H11NO3S. The average molecular weight is 261 g/mol. The summed E-state index contributed by atoms with van der Waals surface area (Å²) in [4.78, 5) is 10.7. The Morgan fingerprint density at radius 3 is 2.56 bits per heavy atom. The quantitative estimate of drug-likeness (QED) is 0.920. The molecule has 0 atom stereocenters. The van der Waals surface area contributed by atoms with Crippen LogP contribution in [0.15, 0.2) is 34.9 Å². The van der Waals surface area contributed by atoms with Gasteiger partial charge in [0.05, 0.1) is 0 Å². The third kappa shape index (κ3) is 2.01. The van der Waals surface area contributed by atoms with Gasteiger partial charge in [0.25, 0.3) is 0 Å². The highest BCUT2D eigenvalue weighted by Gasteiger charge is 2.20. The standard InChI is InChI=1S/C13H11NO3S/c15-13(16)11-5-12(17-14-11)9-3-1-8(2-4-9)10-6-18-7-10/h1-5,10H,6-7H2,(H,15,16). The van der Waals surface area contributed by atoms with Crippen molar-refractivity contribution in [1.82, 2.24) is 5.16 Å². The minimum Gasteiger partial charge on any atom is -0.476 e. The first-order valence-corrected chi connectivity index (χ1v) is 6.77. The van der Waals surface area contributed by atoms with Crippen molar-refractivity contribution in [3.63, 3.8) is 0 Å². The van der Waals surface area contributed by atoms with Crippen LogP contribution in [0.25, 0.3) is 11.3 Å². The summed E-state index contributed by atoms with van der Waals surface area (Å²) in [6.45, 7) is 0. The van der Waals surface area contributed by atoms with Gasteiger partial charge in [0, 0.05) is 29.1 Å². The normalized spacial score (nSPS) is 15.3. The van der Waals surface area contributed by atoms with Crippen LogP contribution in [-0.2, 0) is 0 Å². The second-order valence-corrected chi connectivity index (χ2v) is 5.31. The summed E-state index contributed by atoms with van der Waals surface area (Å²) >= 11 is 1.95. The van der Waals surface area contributed by atoms with E-state index >= 15 is 0 Å². The van der Waals surface area contributed by atoms with E-state index in [9.17, 15) is 4.79 Å². The lowest BCUT2D eigenvalue weighted by Gasteiger charge is -2.25. The Morgan fingerprint density at radius 1 is 1.33 bits per heavy atom. The van der Waals surface area contributed by atoms with Gasteiger partial charge in [0.1, 0.15) is 0 Å². The van der Waals surface area contributed by atoms with E-state index in [0.29, 0.717) is 11.7 Å². The van der Waals surface area contributed by atoms with Crippen molar-refractivity contribution in [2.24, 2.45) is 0 Å². The monoisotopic (exact) mass is 261 g/mol. The molecule has 92 valence electrons. The van der Waals surface area contributed by atoms with E-state index in [1.165, 1.54) is 23.1 Å². The van der Waals surface area contributed by atoms with E-state index in [2.05, 4.69) is 17.3 Å². The lowest BCUT2D eigenvalue weighted by molar-refractivity contribution is 0.0686. The summed E-state index contributed by atoms with van der Waals surface area (Å²) in [5.41, 5.74) is 2.12. The zero-order valence-electron chi connectivity index (χ0n) is 9.50. The van der Waals surface area contributed by atoms with Gasteiger partial charge in [-0.3, -0.25) is 0 Å². The van der Waals surface area contributed by atoms with E-state index in [-0.39, 0.29) is 5.69 Å². The summed E-state index contributed by atoms with van der Waals surface area (Å²) in [6, 6.07) is 9.48. The maximum absolute atomic E-state index is 10.7. The van der Waals surface area contributed by atoms with Gasteiger partial charge in [-0.2, -0.15) is 11.8 Å². The van der Waals surface area contributed by atoms with Gasteiger partial charge in [-0.25, -0.2) is 4.79 Å². The SMILES string of the molecule is O=C(O)c1cc(-c2ccc(C3CSC3)cc2)on1. The van der Waals surface area contributed by atoms with Crippen LogP contribution >= 0.6 is 11.8 Å². The van der Waals surface area contributed by atoms with Crippen molar-refractivity contribution in [3.05, 3.63) is 41.6 Å². The molecule has 0 unspecified atom stereocenters. The lowest BCUT2D eigenvalue weighted by atomic mass is 10.00. The number of thioether (sulfide) groups is 1. The number of nitrogens with zero attached hydrogens (tertiary/aromatic N) is 1. The number of carboxylic acids is 1. The molecule has 0 amide bonds. The zero-order chi connectivity index (χ0) is 12.5. The first kappa shape index (κ1) is 11.3. The lowest BCUT2D eigenvalue weighted by Crippen LogP contribution is -2.14. The third-order valence-electron chi connectivity index (χ3n) is 3.03. The summed E-state index contributed by atoms with van der Waals surface area (Å²) in [5.74, 6) is 2.44. The fourth-order valence-electron chi connectivity index (χ4n) is 1.86. The number of carboxylic acid groups (broad SMARTS) is 1. The molecule has 18 heavy (non-hydrogen) atoms. The molecule has 0 spiro atoms. The van der Waals surface area contributed by atoms with Gasteiger partial charge in [-0.1, -0.05) is 29.4 Å². The fraction of sp³-hybridized carbons (Fsp3) is 0.231. The van der Waals surface area contributed by atoms with Crippen molar-refractivity contribution in [2.45, 2.75) is 5.92 Å². The van der Waals surface area contributed by atoms with Crippen LogP contribution < -0.4 is 0 Å². The number of hydrogen-bond acceptors (Lipinski definition) is 4.